The van der Waals surface area contributed by atoms with E-state index in [9.17, 15) is 0 Å². The van der Waals surface area contributed by atoms with Crippen LogP contribution in [-0.4, -0.2) is 30.4 Å². The second kappa shape index (κ2) is 5.07. The predicted octanol–water partition coefficient (Wildman–Crippen LogP) is 2.10. The average Bonchev–Trinajstić information content (AvgIpc) is 2.27. The molecule has 2 unspecified atom stereocenters. The van der Waals surface area contributed by atoms with Crippen LogP contribution in [0.5, 0.6) is 0 Å². The molecular formula is C14H21NO2. The van der Waals surface area contributed by atoms with E-state index in [4.69, 9.17) is 9.84 Å². The lowest BCUT2D eigenvalue weighted by atomic mass is 10.1. The first-order valence-corrected chi connectivity index (χ1v) is 6.21. The fraction of sp³-hybridized carbons (Fsp3) is 0.571. The summed E-state index contributed by atoms with van der Waals surface area (Å²) in [6.07, 6.45) is 0.548. The van der Waals surface area contributed by atoms with Gasteiger partial charge in [-0.3, -0.25) is 0 Å². The zero-order valence-corrected chi connectivity index (χ0v) is 10.8. The van der Waals surface area contributed by atoms with Gasteiger partial charge in [0.2, 0.25) is 0 Å². The summed E-state index contributed by atoms with van der Waals surface area (Å²) in [7, 11) is 0. The van der Waals surface area contributed by atoms with Gasteiger partial charge in [-0.1, -0.05) is 12.1 Å². The number of aliphatic hydroxyl groups excluding tert-OH is 1. The Morgan fingerprint density at radius 3 is 2.47 bits per heavy atom. The summed E-state index contributed by atoms with van der Waals surface area (Å²) in [5.74, 6) is 0. The maximum Gasteiger partial charge on any atom is 0.0726 e. The van der Waals surface area contributed by atoms with Crippen LogP contribution in [0.2, 0.25) is 0 Å². The number of hydrogen-bond acceptors (Lipinski definition) is 3. The van der Waals surface area contributed by atoms with Crippen LogP contribution < -0.4 is 4.90 Å². The smallest absolute Gasteiger partial charge is 0.0726 e. The highest BCUT2D eigenvalue weighted by atomic mass is 16.5. The molecule has 1 fully saturated rings. The third-order valence-electron chi connectivity index (χ3n) is 3.20. The highest BCUT2D eigenvalue weighted by molar-refractivity contribution is 5.55. The molecule has 0 bridgehead atoms. The van der Waals surface area contributed by atoms with Crippen molar-refractivity contribution in [3.8, 4) is 0 Å². The molecule has 94 valence electrons. The van der Waals surface area contributed by atoms with Crippen LogP contribution in [0.15, 0.2) is 18.2 Å². The normalized spacial score (nSPS) is 25.1. The summed E-state index contributed by atoms with van der Waals surface area (Å²) < 4.78 is 5.74. The summed E-state index contributed by atoms with van der Waals surface area (Å²) >= 11 is 0. The quantitative estimate of drug-likeness (QED) is 0.852. The summed E-state index contributed by atoms with van der Waals surface area (Å²) in [4.78, 5) is 2.37. The van der Waals surface area contributed by atoms with Crippen molar-refractivity contribution >= 4 is 5.69 Å². The Labute approximate surface area is 103 Å². The Kier molecular flexibility index (Phi) is 3.69. The molecule has 0 amide bonds. The monoisotopic (exact) mass is 235 g/mol. The summed E-state index contributed by atoms with van der Waals surface area (Å²) in [6, 6.07) is 6.15. The average molecular weight is 235 g/mol. The van der Waals surface area contributed by atoms with Crippen molar-refractivity contribution in [2.75, 3.05) is 18.0 Å². The van der Waals surface area contributed by atoms with Gasteiger partial charge in [0.05, 0.1) is 18.8 Å². The molecule has 0 aliphatic carbocycles. The Morgan fingerprint density at radius 2 is 1.94 bits per heavy atom. The standard InChI is InChI=1S/C14H21NO2/c1-10-6-13(9-16)4-5-14(10)15-7-11(2)17-12(3)8-15/h4-6,11-12,16H,7-9H2,1-3H3. The van der Waals surface area contributed by atoms with E-state index in [0.29, 0.717) is 0 Å². The van der Waals surface area contributed by atoms with Gasteiger partial charge in [0, 0.05) is 18.8 Å². The molecule has 3 nitrogen and oxygen atoms in total. The second-order valence-corrected chi connectivity index (χ2v) is 4.94. The summed E-state index contributed by atoms with van der Waals surface area (Å²) in [6.45, 7) is 8.30. The van der Waals surface area contributed by atoms with E-state index in [1.54, 1.807) is 0 Å². The van der Waals surface area contributed by atoms with Crippen molar-refractivity contribution in [3.05, 3.63) is 29.3 Å². The van der Waals surface area contributed by atoms with E-state index in [1.807, 2.05) is 6.07 Å². The number of hydrogen-bond donors (Lipinski definition) is 1. The van der Waals surface area contributed by atoms with Crippen LogP contribution in [0.4, 0.5) is 5.69 Å². The fourth-order valence-corrected chi connectivity index (χ4v) is 2.55. The molecule has 1 aromatic rings. The van der Waals surface area contributed by atoms with Crippen molar-refractivity contribution < 1.29 is 9.84 Å². The predicted molar refractivity (Wildman–Crippen MR) is 69.3 cm³/mol. The van der Waals surface area contributed by atoms with Gasteiger partial charge >= 0.3 is 0 Å². The van der Waals surface area contributed by atoms with Gasteiger partial charge in [-0.15, -0.1) is 0 Å². The van der Waals surface area contributed by atoms with Gasteiger partial charge in [0.15, 0.2) is 0 Å². The summed E-state index contributed by atoms with van der Waals surface area (Å²) in [5, 5.41) is 9.11. The third kappa shape index (κ3) is 2.79. The number of morpholine rings is 1. The zero-order valence-electron chi connectivity index (χ0n) is 10.8. The first-order chi connectivity index (χ1) is 8.10. The topological polar surface area (TPSA) is 32.7 Å². The molecule has 0 spiro atoms. The molecule has 1 aromatic carbocycles. The van der Waals surface area contributed by atoms with Gasteiger partial charge in [-0.25, -0.2) is 0 Å². The number of nitrogens with zero attached hydrogens (tertiary/aromatic N) is 1. The number of benzene rings is 1. The molecule has 17 heavy (non-hydrogen) atoms. The molecule has 3 heteroatoms. The second-order valence-electron chi connectivity index (χ2n) is 4.94. The number of ether oxygens (including phenoxy) is 1. The van der Waals surface area contributed by atoms with Crippen molar-refractivity contribution in [2.45, 2.75) is 39.6 Å². The molecular weight excluding hydrogens is 214 g/mol. The van der Waals surface area contributed by atoms with E-state index in [-0.39, 0.29) is 18.8 Å². The van der Waals surface area contributed by atoms with Crippen molar-refractivity contribution in [1.82, 2.24) is 0 Å². The lowest BCUT2D eigenvalue weighted by Crippen LogP contribution is -2.45. The third-order valence-corrected chi connectivity index (χ3v) is 3.20. The SMILES string of the molecule is Cc1cc(CO)ccc1N1CC(C)OC(C)C1. The molecule has 0 saturated carbocycles. The first-order valence-electron chi connectivity index (χ1n) is 6.21. The van der Waals surface area contributed by atoms with E-state index >= 15 is 0 Å². The van der Waals surface area contributed by atoms with Crippen LogP contribution in [-0.2, 0) is 11.3 Å². The number of aryl methyl sites for hydroxylation is 1. The van der Waals surface area contributed by atoms with Gasteiger partial charge in [0.25, 0.3) is 0 Å². The van der Waals surface area contributed by atoms with Crippen LogP contribution >= 0.6 is 0 Å². The lowest BCUT2D eigenvalue weighted by Gasteiger charge is -2.37. The van der Waals surface area contributed by atoms with Crippen LogP contribution in [0, 0.1) is 6.92 Å². The van der Waals surface area contributed by atoms with E-state index < -0.39 is 0 Å². The fourth-order valence-electron chi connectivity index (χ4n) is 2.55. The minimum absolute atomic E-state index is 0.108. The van der Waals surface area contributed by atoms with Gasteiger partial charge in [-0.05, 0) is 38.0 Å². The maximum absolute atomic E-state index is 9.11. The Morgan fingerprint density at radius 1 is 1.29 bits per heavy atom. The molecule has 0 aromatic heterocycles. The number of aliphatic hydroxyl groups is 1. The molecule has 1 aliphatic rings. The minimum atomic E-state index is 0.108. The van der Waals surface area contributed by atoms with Gasteiger partial charge < -0.3 is 14.7 Å². The minimum Gasteiger partial charge on any atom is -0.392 e. The highest BCUT2D eigenvalue weighted by Crippen LogP contribution is 2.25. The van der Waals surface area contributed by atoms with Gasteiger partial charge in [-0.2, -0.15) is 0 Å². The Bertz CT molecular complexity index is 382. The Balaban J connectivity index is 2.21. The maximum atomic E-state index is 9.11. The van der Waals surface area contributed by atoms with E-state index in [2.05, 4.69) is 37.8 Å². The molecule has 1 N–H and O–H groups in total. The van der Waals surface area contributed by atoms with Gasteiger partial charge in [0.1, 0.15) is 0 Å². The molecule has 2 atom stereocenters. The molecule has 1 aliphatic heterocycles. The first kappa shape index (κ1) is 12.4. The zero-order chi connectivity index (χ0) is 12.4. The molecule has 1 heterocycles. The van der Waals surface area contributed by atoms with Crippen molar-refractivity contribution in [3.63, 3.8) is 0 Å². The molecule has 2 rings (SSSR count). The van der Waals surface area contributed by atoms with Crippen LogP contribution in [0.25, 0.3) is 0 Å². The highest BCUT2D eigenvalue weighted by Gasteiger charge is 2.23. The molecule has 0 radical (unpaired) electrons. The molecule has 1 saturated heterocycles. The number of rotatable bonds is 2. The van der Waals surface area contributed by atoms with Crippen LogP contribution in [0.1, 0.15) is 25.0 Å². The van der Waals surface area contributed by atoms with Crippen molar-refractivity contribution in [1.29, 1.82) is 0 Å². The summed E-state index contributed by atoms with van der Waals surface area (Å²) in [5.41, 5.74) is 3.45. The Hall–Kier alpha value is -1.06. The lowest BCUT2D eigenvalue weighted by molar-refractivity contribution is -0.00524. The van der Waals surface area contributed by atoms with E-state index in [1.165, 1.54) is 11.3 Å². The van der Waals surface area contributed by atoms with E-state index in [0.717, 1.165) is 18.7 Å². The van der Waals surface area contributed by atoms with Crippen LogP contribution in [0.3, 0.4) is 0 Å². The van der Waals surface area contributed by atoms with Crippen molar-refractivity contribution in [2.24, 2.45) is 0 Å². The number of anilines is 1. The largest absolute Gasteiger partial charge is 0.392 e.